The molecule has 0 radical (unpaired) electrons. The van der Waals surface area contributed by atoms with Crippen LogP contribution in [0.25, 0.3) is 0 Å². The third-order valence-corrected chi connectivity index (χ3v) is 2.48. The molecule has 86 valence electrons. The number of amidine groups is 1. The van der Waals surface area contributed by atoms with Gasteiger partial charge < -0.3 is 10.8 Å². The largest absolute Gasteiger partial charge is 0.481 e. The van der Waals surface area contributed by atoms with Gasteiger partial charge in [-0.25, -0.2) is 0 Å². The highest BCUT2D eigenvalue weighted by Gasteiger charge is 2.18. The maximum absolute atomic E-state index is 11.1. The van der Waals surface area contributed by atoms with Gasteiger partial charge in [-0.2, -0.15) is 0 Å². The van der Waals surface area contributed by atoms with Crippen LogP contribution in [0.5, 0.6) is 0 Å². The normalized spacial score (nSPS) is 12.1. The molecule has 0 saturated carbocycles. The Labute approximate surface area is 94.6 Å². The highest BCUT2D eigenvalue weighted by Crippen LogP contribution is 2.22. The maximum atomic E-state index is 11.1. The van der Waals surface area contributed by atoms with Crippen molar-refractivity contribution < 1.29 is 9.90 Å². The first-order valence-electron chi connectivity index (χ1n) is 5.23. The molecular formula is C12H16N2O2. The van der Waals surface area contributed by atoms with Crippen LogP contribution in [0.3, 0.4) is 0 Å². The molecule has 0 spiro atoms. The van der Waals surface area contributed by atoms with Gasteiger partial charge in [-0.15, -0.1) is 0 Å². The predicted molar refractivity (Wildman–Crippen MR) is 62.7 cm³/mol. The number of benzene rings is 1. The van der Waals surface area contributed by atoms with Crippen molar-refractivity contribution in [3.05, 3.63) is 35.4 Å². The highest BCUT2D eigenvalue weighted by atomic mass is 16.4. The fourth-order valence-corrected chi connectivity index (χ4v) is 1.64. The molecule has 1 aromatic rings. The molecule has 0 aliphatic rings. The first kappa shape index (κ1) is 12.2. The second-order valence-corrected chi connectivity index (χ2v) is 3.72. The van der Waals surface area contributed by atoms with E-state index in [-0.39, 0.29) is 5.84 Å². The first-order valence-corrected chi connectivity index (χ1v) is 5.23. The Balaban J connectivity index is 3.04. The van der Waals surface area contributed by atoms with E-state index in [0.717, 1.165) is 6.42 Å². The molecule has 1 rings (SSSR count). The zero-order chi connectivity index (χ0) is 12.1. The lowest BCUT2D eigenvalue weighted by Gasteiger charge is -2.12. The maximum Gasteiger partial charge on any atom is 0.310 e. The van der Waals surface area contributed by atoms with Crippen LogP contribution in [-0.4, -0.2) is 16.9 Å². The lowest BCUT2D eigenvalue weighted by atomic mass is 9.93. The number of aliphatic carboxylic acids is 1. The van der Waals surface area contributed by atoms with Gasteiger partial charge in [-0.1, -0.05) is 31.5 Å². The van der Waals surface area contributed by atoms with Crippen LogP contribution in [0.4, 0.5) is 0 Å². The third-order valence-electron chi connectivity index (χ3n) is 2.48. The number of hydrogen-bond donors (Lipinski definition) is 3. The Bertz CT molecular complexity index is 402. The molecule has 0 bridgehead atoms. The van der Waals surface area contributed by atoms with Gasteiger partial charge in [-0.3, -0.25) is 10.2 Å². The SMILES string of the molecule is CCCC(C(=O)O)c1cccc(C(=N)N)c1. The Kier molecular flexibility index (Phi) is 4.05. The van der Waals surface area contributed by atoms with Crippen LogP contribution in [0.1, 0.15) is 36.8 Å². The van der Waals surface area contributed by atoms with Crippen molar-refractivity contribution >= 4 is 11.8 Å². The number of carboxylic acid groups (broad SMARTS) is 1. The number of nitrogens with two attached hydrogens (primary N) is 1. The number of carboxylic acids is 1. The average Bonchev–Trinajstić information content (AvgIpc) is 2.25. The van der Waals surface area contributed by atoms with Crippen molar-refractivity contribution in [2.24, 2.45) is 5.73 Å². The summed E-state index contributed by atoms with van der Waals surface area (Å²) in [6.07, 6.45) is 1.40. The van der Waals surface area contributed by atoms with E-state index >= 15 is 0 Å². The summed E-state index contributed by atoms with van der Waals surface area (Å²) in [5.74, 6) is -1.38. The predicted octanol–water partition coefficient (Wildman–Crippen LogP) is 1.94. The van der Waals surface area contributed by atoms with E-state index in [1.807, 2.05) is 6.92 Å². The van der Waals surface area contributed by atoms with Crippen LogP contribution in [0.2, 0.25) is 0 Å². The molecule has 16 heavy (non-hydrogen) atoms. The molecule has 1 unspecified atom stereocenters. The fraction of sp³-hybridized carbons (Fsp3) is 0.333. The highest BCUT2D eigenvalue weighted by molar-refractivity contribution is 5.95. The van der Waals surface area contributed by atoms with Gasteiger partial charge in [0.25, 0.3) is 0 Å². The summed E-state index contributed by atoms with van der Waals surface area (Å²) >= 11 is 0. The van der Waals surface area contributed by atoms with Crippen molar-refractivity contribution in [2.45, 2.75) is 25.7 Å². The summed E-state index contributed by atoms with van der Waals surface area (Å²) in [6.45, 7) is 1.95. The number of rotatable bonds is 5. The summed E-state index contributed by atoms with van der Waals surface area (Å²) in [5, 5.41) is 16.4. The molecule has 0 aliphatic heterocycles. The molecule has 1 aromatic carbocycles. The van der Waals surface area contributed by atoms with E-state index in [1.54, 1.807) is 24.3 Å². The summed E-state index contributed by atoms with van der Waals surface area (Å²) < 4.78 is 0. The number of nitrogen functional groups attached to an aromatic ring is 1. The smallest absolute Gasteiger partial charge is 0.310 e. The number of carbonyl (C=O) groups is 1. The molecule has 0 saturated heterocycles. The lowest BCUT2D eigenvalue weighted by molar-refractivity contribution is -0.139. The number of nitrogens with one attached hydrogen (secondary N) is 1. The van der Waals surface area contributed by atoms with E-state index in [0.29, 0.717) is 17.5 Å². The molecule has 4 nitrogen and oxygen atoms in total. The Morgan fingerprint density at radius 1 is 1.56 bits per heavy atom. The molecule has 4 N–H and O–H groups in total. The van der Waals surface area contributed by atoms with Gasteiger partial charge in [0.05, 0.1) is 5.92 Å². The monoisotopic (exact) mass is 220 g/mol. The minimum atomic E-state index is -0.831. The zero-order valence-electron chi connectivity index (χ0n) is 9.23. The van der Waals surface area contributed by atoms with Crippen LogP contribution in [0, 0.1) is 5.41 Å². The van der Waals surface area contributed by atoms with Gasteiger partial charge >= 0.3 is 5.97 Å². The molecule has 1 atom stereocenters. The Hall–Kier alpha value is -1.84. The molecule has 0 heterocycles. The molecule has 0 fully saturated rings. The lowest BCUT2D eigenvalue weighted by Crippen LogP contribution is -2.14. The molecule has 0 aliphatic carbocycles. The average molecular weight is 220 g/mol. The number of hydrogen-bond acceptors (Lipinski definition) is 2. The van der Waals surface area contributed by atoms with E-state index in [4.69, 9.17) is 16.2 Å². The second kappa shape index (κ2) is 5.30. The van der Waals surface area contributed by atoms with E-state index in [1.165, 1.54) is 0 Å². The van der Waals surface area contributed by atoms with Gasteiger partial charge in [0.15, 0.2) is 0 Å². The van der Waals surface area contributed by atoms with Crippen LogP contribution < -0.4 is 5.73 Å². The quantitative estimate of drug-likeness (QED) is 0.523. The van der Waals surface area contributed by atoms with Crippen molar-refractivity contribution in [1.82, 2.24) is 0 Å². The van der Waals surface area contributed by atoms with Crippen LogP contribution in [-0.2, 0) is 4.79 Å². The van der Waals surface area contributed by atoms with Gasteiger partial charge in [-0.05, 0) is 18.1 Å². The first-order chi connectivity index (χ1) is 7.56. The summed E-state index contributed by atoms with van der Waals surface area (Å²) in [7, 11) is 0. The molecule has 4 heteroatoms. The molecule has 0 amide bonds. The van der Waals surface area contributed by atoms with Crippen molar-refractivity contribution in [2.75, 3.05) is 0 Å². The molecular weight excluding hydrogens is 204 g/mol. The minimum Gasteiger partial charge on any atom is -0.481 e. The summed E-state index contributed by atoms with van der Waals surface area (Å²) in [5.41, 5.74) is 6.65. The van der Waals surface area contributed by atoms with Crippen molar-refractivity contribution in [3.63, 3.8) is 0 Å². The topological polar surface area (TPSA) is 87.2 Å². The Morgan fingerprint density at radius 3 is 2.75 bits per heavy atom. The van der Waals surface area contributed by atoms with E-state index in [2.05, 4.69) is 0 Å². The van der Waals surface area contributed by atoms with E-state index in [9.17, 15) is 4.79 Å². The fourth-order valence-electron chi connectivity index (χ4n) is 1.64. The van der Waals surface area contributed by atoms with Crippen molar-refractivity contribution in [1.29, 1.82) is 5.41 Å². The van der Waals surface area contributed by atoms with Crippen molar-refractivity contribution in [3.8, 4) is 0 Å². The Morgan fingerprint density at radius 2 is 2.25 bits per heavy atom. The standard InChI is InChI=1S/C12H16N2O2/c1-2-4-10(12(15)16)8-5-3-6-9(7-8)11(13)14/h3,5-7,10H,2,4H2,1H3,(H3,13,14)(H,15,16). The van der Waals surface area contributed by atoms with Crippen LogP contribution in [0.15, 0.2) is 24.3 Å². The third kappa shape index (κ3) is 2.82. The summed E-state index contributed by atoms with van der Waals surface area (Å²) in [6, 6.07) is 6.88. The molecule has 0 aromatic heterocycles. The van der Waals surface area contributed by atoms with Gasteiger partial charge in [0.1, 0.15) is 5.84 Å². The minimum absolute atomic E-state index is 0.0394. The van der Waals surface area contributed by atoms with Gasteiger partial charge in [0.2, 0.25) is 0 Å². The van der Waals surface area contributed by atoms with Gasteiger partial charge in [0, 0.05) is 5.56 Å². The zero-order valence-corrected chi connectivity index (χ0v) is 9.23. The van der Waals surface area contributed by atoms with Crippen LogP contribution >= 0.6 is 0 Å². The second-order valence-electron chi connectivity index (χ2n) is 3.72. The summed E-state index contributed by atoms with van der Waals surface area (Å²) in [4.78, 5) is 11.1. The van der Waals surface area contributed by atoms with E-state index < -0.39 is 11.9 Å².